The van der Waals surface area contributed by atoms with Gasteiger partial charge in [0.05, 0.1) is 5.69 Å². The standard InChI is InChI=1S/C13H11BrN4O2S/c1-18-13(12(14)15-17-18)21(19,20)16-11-8-4-6-9-5-2-3-7-10(9)11/h2-8,16H,1H3. The Bertz CT molecular complexity index is 896. The number of sulfonamides is 1. The first-order chi connectivity index (χ1) is 9.99. The average Bonchev–Trinajstić information content (AvgIpc) is 2.79. The molecular weight excluding hydrogens is 356 g/mol. The molecule has 108 valence electrons. The minimum Gasteiger partial charge on any atom is -0.278 e. The summed E-state index contributed by atoms with van der Waals surface area (Å²) in [5, 5.41) is 9.15. The van der Waals surface area contributed by atoms with Crippen LogP contribution in [0.5, 0.6) is 0 Å². The minimum atomic E-state index is -3.78. The molecule has 1 aromatic heterocycles. The molecule has 0 aliphatic rings. The summed E-state index contributed by atoms with van der Waals surface area (Å²) in [5.41, 5.74) is 0.515. The van der Waals surface area contributed by atoms with E-state index in [1.165, 1.54) is 11.7 Å². The van der Waals surface area contributed by atoms with Crippen LogP contribution in [0.15, 0.2) is 52.1 Å². The average molecular weight is 367 g/mol. The zero-order valence-electron chi connectivity index (χ0n) is 11.0. The van der Waals surface area contributed by atoms with E-state index in [1.807, 2.05) is 30.3 Å². The van der Waals surface area contributed by atoms with Crippen molar-refractivity contribution < 1.29 is 8.42 Å². The van der Waals surface area contributed by atoms with Crippen LogP contribution < -0.4 is 4.72 Å². The zero-order valence-corrected chi connectivity index (χ0v) is 13.4. The summed E-state index contributed by atoms with van der Waals surface area (Å²) < 4.78 is 29.0. The molecule has 0 fully saturated rings. The number of nitrogens with zero attached hydrogens (tertiary/aromatic N) is 3. The molecule has 0 radical (unpaired) electrons. The van der Waals surface area contributed by atoms with Gasteiger partial charge in [0.15, 0.2) is 4.60 Å². The van der Waals surface area contributed by atoms with Crippen molar-refractivity contribution in [1.29, 1.82) is 0 Å². The molecule has 0 unspecified atom stereocenters. The zero-order chi connectivity index (χ0) is 15.0. The lowest BCUT2D eigenvalue weighted by molar-refractivity contribution is 0.578. The molecule has 0 amide bonds. The molecule has 0 spiro atoms. The first-order valence-corrected chi connectivity index (χ1v) is 8.32. The summed E-state index contributed by atoms with van der Waals surface area (Å²) in [6.07, 6.45) is 0. The summed E-state index contributed by atoms with van der Waals surface area (Å²) >= 11 is 3.10. The highest BCUT2D eigenvalue weighted by Crippen LogP contribution is 2.27. The van der Waals surface area contributed by atoms with E-state index in [2.05, 4.69) is 31.0 Å². The number of fused-ring (bicyclic) bond motifs is 1. The van der Waals surface area contributed by atoms with Crippen LogP contribution in [0.3, 0.4) is 0 Å². The molecule has 8 heteroatoms. The van der Waals surface area contributed by atoms with E-state index >= 15 is 0 Å². The van der Waals surface area contributed by atoms with Gasteiger partial charge in [-0.05, 0) is 27.4 Å². The normalized spacial score (nSPS) is 11.7. The van der Waals surface area contributed by atoms with Gasteiger partial charge in [0.25, 0.3) is 10.0 Å². The molecule has 0 saturated heterocycles. The van der Waals surface area contributed by atoms with E-state index in [9.17, 15) is 8.42 Å². The third kappa shape index (κ3) is 2.52. The van der Waals surface area contributed by atoms with Crippen molar-refractivity contribution >= 4 is 42.4 Å². The summed E-state index contributed by atoms with van der Waals surface area (Å²) in [6.45, 7) is 0. The number of hydrogen-bond donors (Lipinski definition) is 1. The van der Waals surface area contributed by atoms with Crippen LogP contribution >= 0.6 is 15.9 Å². The van der Waals surface area contributed by atoms with Crippen molar-refractivity contribution in [2.24, 2.45) is 7.05 Å². The molecule has 1 N–H and O–H groups in total. The lowest BCUT2D eigenvalue weighted by atomic mass is 10.1. The van der Waals surface area contributed by atoms with Gasteiger partial charge in [-0.15, -0.1) is 5.10 Å². The molecule has 3 rings (SSSR count). The van der Waals surface area contributed by atoms with Gasteiger partial charge >= 0.3 is 0 Å². The van der Waals surface area contributed by atoms with Crippen LogP contribution in [0, 0.1) is 0 Å². The first kappa shape index (κ1) is 14.0. The number of aryl methyl sites for hydroxylation is 1. The number of hydrogen-bond acceptors (Lipinski definition) is 4. The van der Waals surface area contributed by atoms with E-state index in [0.29, 0.717) is 5.69 Å². The molecule has 21 heavy (non-hydrogen) atoms. The Morgan fingerprint density at radius 1 is 1.14 bits per heavy atom. The van der Waals surface area contributed by atoms with Gasteiger partial charge in [-0.3, -0.25) is 4.72 Å². The Kier molecular flexibility index (Phi) is 3.42. The lowest BCUT2D eigenvalue weighted by Gasteiger charge is -2.10. The summed E-state index contributed by atoms with van der Waals surface area (Å²) in [4.78, 5) is 0. The maximum Gasteiger partial charge on any atom is 0.281 e. The fraction of sp³-hybridized carbons (Fsp3) is 0.0769. The highest BCUT2D eigenvalue weighted by Gasteiger charge is 2.24. The second-order valence-corrected chi connectivity index (χ2v) is 6.79. The SMILES string of the molecule is Cn1nnc(Br)c1S(=O)(=O)Nc1cccc2ccccc12. The molecule has 6 nitrogen and oxygen atoms in total. The summed E-state index contributed by atoms with van der Waals surface area (Å²) in [7, 11) is -2.26. The van der Waals surface area contributed by atoms with Crippen LogP contribution in [0.1, 0.15) is 0 Å². The predicted octanol–water partition coefficient (Wildman–Crippen LogP) is 2.53. The molecular formula is C13H11BrN4O2S. The number of benzene rings is 2. The Labute approximate surface area is 130 Å². The molecule has 0 aliphatic heterocycles. The topological polar surface area (TPSA) is 76.9 Å². The maximum atomic E-state index is 12.5. The molecule has 0 bridgehead atoms. The van der Waals surface area contributed by atoms with Crippen LogP contribution in [0.2, 0.25) is 0 Å². The van der Waals surface area contributed by atoms with E-state index in [4.69, 9.17) is 0 Å². The fourth-order valence-electron chi connectivity index (χ4n) is 2.12. The van der Waals surface area contributed by atoms with Gasteiger partial charge in [-0.25, -0.2) is 4.68 Å². The first-order valence-electron chi connectivity index (χ1n) is 6.05. The monoisotopic (exact) mass is 366 g/mol. The van der Waals surface area contributed by atoms with Crippen LogP contribution in [-0.2, 0) is 17.1 Å². The van der Waals surface area contributed by atoms with Gasteiger partial charge in [0.2, 0.25) is 5.03 Å². The fourth-order valence-corrected chi connectivity index (χ4v) is 4.29. The highest BCUT2D eigenvalue weighted by atomic mass is 79.9. The number of aromatic nitrogens is 3. The number of rotatable bonds is 3. The van der Waals surface area contributed by atoms with Crippen molar-refractivity contribution in [2.75, 3.05) is 4.72 Å². The van der Waals surface area contributed by atoms with Crippen molar-refractivity contribution in [1.82, 2.24) is 15.0 Å². The van der Waals surface area contributed by atoms with Crippen molar-refractivity contribution in [3.63, 3.8) is 0 Å². The molecule has 1 heterocycles. The molecule has 0 atom stereocenters. The predicted molar refractivity (Wildman–Crippen MR) is 83.5 cm³/mol. The molecule has 2 aromatic carbocycles. The van der Waals surface area contributed by atoms with Gasteiger partial charge in [-0.2, -0.15) is 8.42 Å². The molecule has 0 saturated carbocycles. The van der Waals surface area contributed by atoms with Crippen LogP contribution in [0.4, 0.5) is 5.69 Å². The second kappa shape index (κ2) is 5.12. The summed E-state index contributed by atoms with van der Waals surface area (Å²) in [5.74, 6) is 0. The second-order valence-electron chi connectivity index (χ2n) is 4.44. The van der Waals surface area contributed by atoms with Crippen molar-refractivity contribution in [3.05, 3.63) is 47.1 Å². The van der Waals surface area contributed by atoms with Crippen LogP contribution in [-0.4, -0.2) is 23.4 Å². The van der Waals surface area contributed by atoms with Gasteiger partial charge < -0.3 is 0 Å². The number of nitrogens with one attached hydrogen (secondary N) is 1. The van der Waals surface area contributed by atoms with Crippen molar-refractivity contribution in [2.45, 2.75) is 5.03 Å². The Morgan fingerprint density at radius 2 is 1.86 bits per heavy atom. The van der Waals surface area contributed by atoms with Gasteiger partial charge in [0, 0.05) is 12.4 Å². The van der Waals surface area contributed by atoms with E-state index in [0.717, 1.165) is 10.8 Å². The van der Waals surface area contributed by atoms with Gasteiger partial charge in [-0.1, -0.05) is 41.6 Å². The van der Waals surface area contributed by atoms with E-state index in [-0.39, 0.29) is 9.63 Å². The largest absolute Gasteiger partial charge is 0.281 e. The van der Waals surface area contributed by atoms with E-state index in [1.54, 1.807) is 12.1 Å². The Balaban J connectivity index is 2.10. The third-order valence-corrected chi connectivity index (χ3v) is 5.28. The maximum absolute atomic E-state index is 12.5. The Hall–Kier alpha value is -1.93. The van der Waals surface area contributed by atoms with Gasteiger partial charge in [0.1, 0.15) is 0 Å². The molecule has 3 aromatic rings. The highest BCUT2D eigenvalue weighted by molar-refractivity contribution is 9.10. The number of anilines is 1. The van der Waals surface area contributed by atoms with Crippen molar-refractivity contribution in [3.8, 4) is 0 Å². The lowest BCUT2D eigenvalue weighted by Crippen LogP contribution is -2.17. The smallest absolute Gasteiger partial charge is 0.278 e. The summed E-state index contributed by atoms with van der Waals surface area (Å²) in [6, 6.07) is 13.0. The van der Waals surface area contributed by atoms with E-state index < -0.39 is 10.0 Å². The molecule has 0 aliphatic carbocycles. The number of halogens is 1. The minimum absolute atomic E-state index is 0.0181. The Morgan fingerprint density at radius 3 is 2.57 bits per heavy atom. The van der Waals surface area contributed by atoms with Crippen LogP contribution in [0.25, 0.3) is 10.8 Å². The quantitative estimate of drug-likeness (QED) is 0.772. The third-order valence-electron chi connectivity index (χ3n) is 3.03.